The van der Waals surface area contributed by atoms with E-state index in [1.165, 1.54) is 0 Å². The first-order chi connectivity index (χ1) is 9.37. The Bertz CT molecular complexity index is 377. The summed E-state index contributed by atoms with van der Waals surface area (Å²) in [5.41, 5.74) is 0.900. The van der Waals surface area contributed by atoms with Crippen molar-refractivity contribution in [3.63, 3.8) is 0 Å². The van der Waals surface area contributed by atoms with E-state index in [-0.39, 0.29) is 12.7 Å². The van der Waals surface area contributed by atoms with Crippen LogP contribution < -0.4 is 10.1 Å². The van der Waals surface area contributed by atoms with Crippen LogP contribution >= 0.6 is 0 Å². The van der Waals surface area contributed by atoms with Gasteiger partial charge in [0.2, 0.25) is 0 Å². The number of hydrogen-bond acceptors (Lipinski definition) is 3. The number of alkyl halides is 3. The smallest absolute Gasteiger partial charge is 0.411 e. The Morgan fingerprint density at radius 3 is 2.35 bits per heavy atom. The number of benzene rings is 1. The summed E-state index contributed by atoms with van der Waals surface area (Å²) in [6, 6.07) is 7.44. The zero-order valence-electron chi connectivity index (χ0n) is 11.7. The van der Waals surface area contributed by atoms with E-state index in [4.69, 9.17) is 4.74 Å². The Kier molecular flexibility index (Phi) is 6.64. The Balaban J connectivity index is 2.16. The molecule has 6 heteroatoms. The Morgan fingerprint density at radius 2 is 1.80 bits per heavy atom. The Morgan fingerprint density at radius 1 is 1.15 bits per heavy atom. The molecule has 0 atom stereocenters. The zero-order chi connectivity index (χ0) is 15.0. The van der Waals surface area contributed by atoms with Gasteiger partial charge in [0.1, 0.15) is 12.4 Å². The molecule has 1 aromatic carbocycles. The molecule has 0 amide bonds. The Hall–Kier alpha value is -1.43. The summed E-state index contributed by atoms with van der Waals surface area (Å²) in [6.07, 6.45) is -3.61. The maximum atomic E-state index is 11.8. The number of halogens is 3. The van der Waals surface area contributed by atoms with Crippen LogP contribution in [0.2, 0.25) is 0 Å². The van der Waals surface area contributed by atoms with Gasteiger partial charge < -0.3 is 14.8 Å². The van der Waals surface area contributed by atoms with Crippen molar-refractivity contribution in [1.29, 1.82) is 0 Å². The van der Waals surface area contributed by atoms with Crippen molar-refractivity contribution in [3.05, 3.63) is 24.3 Å². The molecular formula is C14H20F3NO2. The van der Waals surface area contributed by atoms with Gasteiger partial charge in [0.25, 0.3) is 0 Å². The van der Waals surface area contributed by atoms with E-state index in [1.807, 2.05) is 38.1 Å². The molecule has 0 aliphatic rings. The molecule has 1 aromatic rings. The van der Waals surface area contributed by atoms with Crippen molar-refractivity contribution >= 4 is 5.69 Å². The number of rotatable bonds is 8. The van der Waals surface area contributed by atoms with E-state index in [9.17, 15) is 13.2 Å². The lowest BCUT2D eigenvalue weighted by Gasteiger charge is -2.11. The molecule has 3 nitrogen and oxygen atoms in total. The maximum absolute atomic E-state index is 11.8. The highest BCUT2D eigenvalue weighted by atomic mass is 19.4. The van der Waals surface area contributed by atoms with E-state index >= 15 is 0 Å². The first kappa shape index (κ1) is 16.6. The molecule has 0 unspecified atom stereocenters. The minimum Gasteiger partial charge on any atom is -0.491 e. The minimum absolute atomic E-state index is 0.0844. The van der Waals surface area contributed by atoms with Crippen LogP contribution in [0.1, 0.15) is 20.3 Å². The number of nitrogens with one attached hydrogen (secondary N) is 1. The molecule has 114 valence electrons. The minimum atomic E-state index is -4.25. The molecule has 0 radical (unpaired) electrons. The van der Waals surface area contributed by atoms with Crippen LogP contribution in [0.5, 0.6) is 5.75 Å². The van der Waals surface area contributed by atoms with Gasteiger partial charge in [-0.2, -0.15) is 13.2 Å². The molecule has 20 heavy (non-hydrogen) atoms. The molecule has 1 N–H and O–H groups in total. The van der Waals surface area contributed by atoms with E-state index in [1.54, 1.807) is 0 Å². The molecule has 0 saturated carbocycles. The van der Waals surface area contributed by atoms with Crippen molar-refractivity contribution in [2.45, 2.75) is 32.5 Å². The average Bonchev–Trinajstić information content (AvgIpc) is 2.33. The molecule has 0 bridgehead atoms. The van der Waals surface area contributed by atoms with Crippen LogP contribution in [-0.2, 0) is 4.74 Å². The van der Waals surface area contributed by atoms with E-state index < -0.39 is 12.8 Å². The second kappa shape index (κ2) is 7.99. The molecule has 0 aromatic heterocycles. The van der Waals surface area contributed by atoms with Crippen LogP contribution in [0.3, 0.4) is 0 Å². The van der Waals surface area contributed by atoms with Gasteiger partial charge in [-0.15, -0.1) is 0 Å². The third-order valence-corrected chi connectivity index (χ3v) is 2.29. The summed E-state index contributed by atoms with van der Waals surface area (Å²) < 4.78 is 45.4. The van der Waals surface area contributed by atoms with Crippen molar-refractivity contribution in [2.75, 3.05) is 25.1 Å². The second-order valence-electron chi connectivity index (χ2n) is 4.64. The number of hydrogen-bond donors (Lipinski definition) is 1. The maximum Gasteiger partial charge on any atom is 0.411 e. The third kappa shape index (κ3) is 7.89. The molecule has 1 rings (SSSR count). The summed E-state index contributed by atoms with van der Waals surface area (Å²) >= 11 is 0. The first-order valence-electron chi connectivity index (χ1n) is 6.52. The van der Waals surface area contributed by atoms with E-state index in [0.717, 1.165) is 11.4 Å². The van der Waals surface area contributed by atoms with Crippen LogP contribution in [-0.4, -0.2) is 32.0 Å². The molecule has 0 aliphatic heterocycles. The summed E-state index contributed by atoms with van der Waals surface area (Å²) in [7, 11) is 0. The highest BCUT2D eigenvalue weighted by Gasteiger charge is 2.27. The van der Waals surface area contributed by atoms with Gasteiger partial charge in [-0.25, -0.2) is 0 Å². The topological polar surface area (TPSA) is 30.5 Å². The summed E-state index contributed by atoms with van der Waals surface area (Å²) in [5.74, 6) is 0.791. The Labute approximate surface area is 117 Å². The predicted octanol–water partition coefficient (Wildman–Crippen LogP) is 3.85. The average molecular weight is 291 g/mol. The highest BCUT2D eigenvalue weighted by Crippen LogP contribution is 2.17. The lowest BCUT2D eigenvalue weighted by Crippen LogP contribution is -2.18. The molecule has 0 heterocycles. The number of anilines is 1. The van der Waals surface area contributed by atoms with E-state index in [0.29, 0.717) is 13.0 Å². The summed E-state index contributed by atoms with van der Waals surface area (Å²) in [5, 5.41) is 3.11. The molecular weight excluding hydrogens is 271 g/mol. The third-order valence-electron chi connectivity index (χ3n) is 2.29. The van der Waals surface area contributed by atoms with Crippen LogP contribution in [0.15, 0.2) is 24.3 Å². The van der Waals surface area contributed by atoms with Crippen LogP contribution in [0.4, 0.5) is 18.9 Å². The molecule has 0 aliphatic carbocycles. The summed E-state index contributed by atoms with van der Waals surface area (Å²) in [4.78, 5) is 0. The lowest BCUT2D eigenvalue weighted by atomic mass is 10.3. The second-order valence-corrected chi connectivity index (χ2v) is 4.64. The fraction of sp³-hybridized carbons (Fsp3) is 0.571. The largest absolute Gasteiger partial charge is 0.491 e. The number of ether oxygens (including phenoxy) is 2. The fourth-order valence-corrected chi connectivity index (χ4v) is 1.52. The van der Waals surface area contributed by atoms with Crippen molar-refractivity contribution in [2.24, 2.45) is 0 Å². The fourth-order valence-electron chi connectivity index (χ4n) is 1.52. The van der Waals surface area contributed by atoms with Gasteiger partial charge in [0.15, 0.2) is 0 Å². The molecule has 0 saturated heterocycles. The summed E-state index contributed by atoms with van der Waals surface area (Å²) in [6.45, 7) is 3.36. The van der Waals surface area contributed by atoms with Crippen molar-refractivity contribution < 1.29 is 22.6 Å². The standard InChI is InChI=1S/C14H20F3NO2/c1-11(2)20-13-6-4-12(5-7-13)18-8-3-9-19-10-14(15,16)17/h4-7,11,18H,3,8-10H2,1-2H3. The normalized spacial score (nSPS) is 11.7. The van der Waals surface area contributed by atoms with Crippen LogP contribution in [0, 0.1) is 0 Å². The quantitative estimate of drug-likeness (QED) is 0.738. The molecule has 0 fully saturated rings. The molecule has 0 spiro atoms. The predicted molar refractivity (Wildman–Crippen MR) is 72.2 cm³/mol. The van der Waals surface area contributed by atoms with Gasteiger partial charge >= 0.3 is 6.18 Å². The van der Waals surface area contributed by atoms with Gasteiger partial charge in [-0.3, -0.25) is 0 Å². The monoisotopic (exact) mass is 291 g/mol. The lowest BCUT2D eigenvalue weighted by molar-refractivity contribution is -0.173. The van der Waals surface area contributed by atoms with Gasteiger partial charge in [0.05, 0.1) is 6.10 Å². The van der Waals surface area contributed by atoms with Gasteiger partial charge in [-0.05, 0) is 44.5 Å². The SMILES string of the molecule is CC(C)Oc1ccc(NCCCOCC(F)(F)F)cc1. The van der Waals surface area contributed by atoms with Gasteiger partial charge in [0, 0.05) is 18.8 Å². The zero-order valence-corrected chi connectivity index (χ0v) is 11.7. The van der Waals surface area contributed by atoms with Crippen molar-refractivity contribution in [1.82, 2.24) is 0 Å². The van der Waals surface area contributed by atoms with Gasteiger partial charge in [-0.1, -0.05) is 0 Å². The van der Waals surface area contributed by atoms with Crippen molar-refractivity contribution in [3.8, 4) is 5.75 Å². The van der Waals surface area contributed by atoms with Crippen LogP contribution in [0.25, 0.3) is 0 Å². The highest BCUT2D eigenvalue weighted by molar-refractivity contribution is 5.46. The van der Waals surface area contributed by atoms with E-state index in [2.05, 4.69) is 10.1 Å². The first-order valence-corrected chi connectivity index (χ1v) is 6.52.